The van der Waals surface area contributed by atoms with Crippen molar-refractivity contribution < 1.29 is 9.63 Å². The van der Waals surface area contributed by atoms with Gasteiger partial charge in [-0.1, -0.05) is 49.7 Å². The first-order valence-corrected chi connectivity index (χ1v) is 6.96. The van der Waals surface area contributed by atoms with Gasteiger partial charge in [-0.15, -0.1) is 0 Å². The Morgan fingerprint density at radius 1 is 1.35 bits per heavy atom. The minimum absolute atomic E-state index is 0.207. The second-order valence-corrected chi connectivity index (χ2v) is 6.43. The molecule has 1 aromatic carbocycles. The van der Waals surface area contributed by atoms with Crippen molar-refractivity contribution in [2.24, 2.45) is 5.41 Å². The summed E-state index contributed by atoms with van der Waals surface area (Å²) < 4.78 is 5.18. The van der Waals surface area contributed by atoms with Crippen LogP contribution in [0.4, 0.5) is 0 Å². The molecule has 0 saturated carbocycles. The van der Waals surface area contributed by atoms with E-state index >= 15 is 0 Å². The summed E-state index contributed by atoms with van der Waals surface area (Å²) in [6.07, 6.45) is 0.420. The van der Waals surface area contributed by atoms with Gasteiger partial charge in [0, 0.05) is 11.4 Å². The summed E-state index contributed by atoms with van der Waals surface area (Å²) in [7, 11) is 0. The molecular weight excluding hydrogens is 276 g/mol. The molecule has 0 bridgehead atoms. The van der Waals surface area contributed by atoms with Crippen LogP contribution >= 0.6 is 11.6 Å². The van der Waals surface area contributed by atoms with E-state index in [2.05, 4.69) is 10.1 Å². The summed E-state index contributed by atoms with van der Waals surface area (Å²) in [4.78, 5) is 4.31. The molecule has 0 aliphatic carbocycles. The van der Waals surface area contributed by atoms with E-state index in [-0.39, 0.29) is 5.41 Å². The fourth-order valence-electron chi connectivity index (χ4n) is 1.75. The van der Waals surface area contributed by atoms with Gasteiger partial charge in [0.1, 0.15) is 0 Å². The van der Waals surface area contributed by atoms with E-state index < -0.39 is 6.10 Å². The van der Waals surface area contributed by atoms with Crippen LogP contribution in [0.1, 0.15) is 38.0 Å². The summed E-state index contributed by atoms with van der Waals surface area (Å²) in [5.41, 5.74) is 0.822. The number of aliphatic hydroxyl groups is 1. The topological polar surface area (TPSA) is 59.2 Å². The minimum atomic E-state index is -0.512. The van der Waals surface area contributed by atoms with Crippen molar-refractivity contribution in [1.82, 2.24) is 10.1 Å². The molecule has 1 aromatic heterocycles. The largest absolute Gasteiger partial charge is 0.392 e. The van der Waals surface area contributed by atoms with Crippen molar-refractivity contribution in [3.05, 3.63) is 46.6 Å². The molecule has 108 valence electrons. The van der Waals surface area contributed by atoms with Crippen LogP contribution in [0, 0.1) is 5.41 Å². The van der Waals surface area contributed by atoms with E-state index in [0.717, 1.165) is 5.56 Å². The van der Waals surface area contributed by atoms with Crippen molar-refractivity contribution in [2.75, 3.05) is 0 Å². The first-order valence-electron chi connectivity index (χ1n) is 6.58. The molecule has 0 saturated heterocycles. The number of benzene rings is 1. The maximum Gasteiger partial charge on any atom is 0.229 e. The molecule has 2 rings (SSSR count). The number of hydrogen-bond acceptors (Lipinski definition) is 4. The van der Waals surface area contributed by atoms with Crippen molar-refractivity contribution in [1.29, 1.82) is 0 Å². The Morgan fingerprint density at radius 2 is 2.10 bits per heavy atom. The van der Waals surface area contributed by atoms with Crippen LogP contribution in [0.2, 0.25) is 5.02 Å². The molecule has 20 heavy (non-hydrogen) atoms. The molecule has 5 heteroatoms. The molecule has 1 unspecified atom stereocenters. The zero-order valence-corrected chi connectivity index (χ0v) is 12.7. The van der Waals surface area contributed by atoms with Gasteiger partial charge in [-0.25, -0.2) is 0 Å². The molecular formula is C15H19ClN2O2. The quantitative estimate of drug-likeness (QED) is 0.940. The Kier molecular flexibility index (Phi) is 4.45. The molecule has 0 aliphatic rings. The van der Waals surface area contributed by atoms with Crippen LogP contribution in [-0.4, -0.2) is 21.4 Å². The number of hydrogen-bond donors (Lipinski definition) is 1. The first kappa shape index (κ1) is 15.0. The minimum Gasteiger partial charge on any atom is -0.392 e. The molecule has 1 heterocycles. The number of halogens is 1. The summed E-state index contributed by atoms with van der Waals surface area (Å²) in [5, 5.41) is 14.7. The third-order valence-electron chi connectivity index (χ3n) is 3.13. The monoisotopic (exact) mass is 294 g/mol. The lowest BCUT2D eigenvalue weighted by Gasteiger charge is -2.24. The van der Waals surface area contributed by atoms with Gasteiger partial charge in [0.2, 0.25) is 5.89 Å². The molecule has 2 aromatic rings. The van der Waals surface area contributed by atoms with Gasteiger partial charge in [0.15, 0.2) is 5.82 Å². The van der Waals surface area contributed by atoms with E-state index in [1.807, 2.05) is 45.0 Å². The van der Waals surface area contributed by atoms with E-state index in [1.54, 1.807) is 0 Å². The zero-order chi connectivity index (χ0) is 14.8. The lowest BCUT2D eigenvalue weighted by molar-refractivity contribution is 0.0565. The summed E-state index contributed by atoms with van der Waals surface area (Å²) in [6.45, 7) is 5.92. The summed E-state index contributed by atoms with van der Waals surface area (Å²) in [5.74, 6) is 1.06. The molecule has 0 aliphatic heterocycles. The molecule has 1 atom stereocenters. The normalized spacial score (nSPS) is 13.4. The lowest BCUT2D eigenvalue weighted by Crippen LogP contribution is -2.28. The predicted octanol–water partition coefficient (Wildman–Crippen LogP) is 3.26. The average molecular weight is 295 g/mol. The standard InChI is InChI=1S/C15H19ClN2O2/c1-15(2,3)12(19)9-14-17-13(18-20-14)8-10-5-4-6-11(16)7-10/h4-7,12,19H,8-9H2,1-3H3. The smallest absolute Gasteiger partial charge is 0.229 e. The van der Waals surface area contributed by atoms with Crippen LogP contribution in [0.15, 0.2) is 28.8 Å². The van der Waals surface area contributed by atoms with Gasteiger partial charge in [-0.05, 0) is 23.1 Å². The second-order valence-electron chi connectivity index (χ2n) is 6.00. The SMILES string of the molecule is CC(C)(C)C(O)Cc1nc(Cc2cccc(Cl)c2)no1. The van der Waals surface area contributed by atoms with Crippen LogP contribution in [-0.2, 0) is 12.8 Å². The van der Waals surface area contributed by atoms with Gasteiger partial charge in [0.25, 0.3) is 0 Å². The summed E-state index contributed by atoms with van der Waals surface area (Å²) >= 11 is 5.94. The number of aliphatic hydroxyl groups excluding tert-OH is 1. The highest BCUT2D eigenvalue weighted by molar-refractivity contribution is 6.30. The highest BCUT2D eigenvalue weighted by atomic mass is 35.5. The zero-order valence-electron chi connectivity index (χ0n) is 11.9. The van der Waals surface area contributed by atoms with E-state index in [9.17, 15) is 5.11 Å². The summed E-state index contributed by atoms with van der Waals surface area (Å²) in [6, 6.07) is 7.56. The van der Waals surface area contributed by atoms with Gasteiger partial charge in [-0.2, -0.15) is 4.98 Å². The van der Waals surface area contributed by atoms with Crippen LogP contribution in [0.25, 0.3) is 0 Å². The van der Waals surface area contributed by atoms with E-state index in [0.29, 0.717) is 29.6 Å². The van der Waals surface area contributed by atoms with E-state index in [1.165, 1.54) is 0 Å². The fraction of sp³-hybridized carbons (Fsp3) is 0.467. The predicted molar refractivity (Wildman–Crippen MR) is 77.7 cm³/mol. The van der Waals surface area contributed by atoms with E-state index in [4.69, 9.17) is 16.1 Å². The molecule has 4 nitrogen and oxygen atoms in total. The van der Waals surface area contributed by atoms with Crippen molar-refractivity contribution >= 4 is 11.6 Å². The Labute approximate surface area is 123 Å². The number of rotatable bonds is 4. The third-order valence-corrected chi connectivity index (χ3v) is 3.36. The number of aromatic nitrogens is 2. The molecule has 0 radical (unpaired) electrons. The van der Waals surface area contributed by atoms with Crippen LogP contribution in [0.3, 0.4) is 0 Å². The molecule has 0 amide bonds. The van der Waals surface area contributed by atoms with Crippen molar-refractivity contribution in [2.45, 2.75) is 39.7 Å². The molecule has 0 spiro atoms. The van der Waals surface area contributed by atoms with Gasteiger partial charge < -0.3 is 9.63 Å². The lowest BCUT2D eigenvalue weighted by atomic mass is 9.87. The first-order chi connectivity index (χ1) is 9.34. The van der Waals surface area contributed by atoms with Crippen LogP contribution in [0.5, 0.6) is 0 Å². The second kappa shape index (κ2) is 5.94. The number of nitrogens with zero attached hydrogens (tertiary/aromatic N) is 2. The maximum absolute atomic E-state index is 10.0. The maximum atomic E-state index is 10.0. The Morgan fingerprint density at radius 3 is 2.75 bits per heavy atom. The average Bonchev–Trinajstić information content (AvgIpc) is 2.75. The fourth-order valence-corrected chi connectivity index (χ4v) is 1.96. The van der Waals surface area contributed by atoms with Gasteiger partial charge in [0.05, 0.1) is 12.5 Å². The van der Waals surface area contributed by atoms with Crippen molar-refractivity contribution in [3.63, 3.8) is 0 Å². The third kappa shape index (κ3) is 4.05. The Bertz CT molecular complexity index is 575. The highest BCUT2D eigenvalue weighted by Crippen LogP contribution is 2.22. The molecule has 1 N–H and O–H groups in total. The van der Waals surface area contributed by atoms with Gasteiger partial charge in [-0.3, -0.25) is 0 Å². The van der Waals surface area contributed by atoms with Crippen LogP contribution < -0.4 is 0 Å². The Balaban J connectivity index is 2.02. The van der Waals surface area contributed by atoms with Crippen molar-refractivity contribution in [3.8, 4) is 0 Å². The van der Waals surface area contributed by atoms with Gasteiger partial charge >= 0.3 is 0 Å². The molecule has 0 fully saturated rings. The Hall–Kier alpha value is -1.39. The highest BCUT2D eigenvalue weighted by Gasteiger charge is 2.24.